The molecule has 0 unspecified atom stereocenters. The molecule has 0 aliphatic heterocycles. The van der Waals surface area contributed by atoms with Crippen LogP contribution in [-0.2, 0) is 16.1 Å². The highest BCUT2D eigenvalue weighted by molar-refractivity contribution is 6.31. The van der Waals surface area contributed by atoms with E-state index >= 15 is 0 Å². The lowest BCUT2D eigenvalue weighted by Gasteiger charge is -2.09. The third-order valence-corrected chi connectivity index (χ3v) is 3.77. The monoisotopic (exact) mass is 362 g/mol. The highest BCUT2D eigenvalue weighted by Gasteiger charge is 2.04. The van der Waals surface area contributed by atoms with Crippen molar-refractivity contribution in [1.29, 1.82) is 0 Å². The van der Waals surface area contributed by atoms with Crippen molar-refractivity contribution in [3.05, 3.63) is 59.1 Å². The van der Waals surface area contributed by atoms with Crippen molar-refractivity contribution >= 4 is 23.2 Å². The molecule has 0 saturated heterocycles. The third-order valence-electron chi connectivity index (χ3n) is 3.40. The molecule has 134 valence electrons. The Morgan fingerprint density at radius 2 is 1.84 bits per heavy atom. The quantitative estimate of drug-likeness (QED) is 0.635. The van der Waals surface area contributed by atoms with Crippen LogP contribution in [0.15, 0.2) is 48.5 Å². The van der Waals surface area contributed by atoms with E-state index in [0.29, 0.717) is 31.4 Å². The number of rotatable bonds is 10. The lowest BCUT2D eigenvalue weighted by atomic mass is 10.2. The zero-order chi connectivity index (χ0) is 17.9. The number of hydrogen-bond donors (Lipinski definition) is 2. The van der Waals surface area contributed by atoms with Crippen LogP contribution in [0.2, 0.25) is 5.02 Å². The predicted octanol–water partition coefficient (Wildman–Crippen LogP) is 3.48. The summed E-state index contributed by atoms with van der Waals surface area (Å²) in [6.45, 7) is 4.44. The number of carbonyl (C=O) groups is 1. The van der Waals surface area contributed by atoms with Crippen molar-refractivity contribution in [2.75, 3.05) is 31.7 Å². The van der Waals surface area contributed by atoms with E-state index in [9.17, 15) is 4.79 Å². The second-order valence-electron chi connectivity index (χ2n) is 5.31. The van der Waals surface area contributed by atoms with Gasteiger partial charge in [0.25, 0.3) is 0 Å². The number of nitrogens with one attached hydrogen (secondary N) is 2. The van der Waals surface area contributed by atoms with Crippen molar-refractivity contribution in [1.82, 2.24) is 5.32 Å². The number of halogens is 1. The molecular formula is C19H23ClN2O3. The zero-order valence-electron chi connectivity index (χ0n) is 14.3. The summed E-state index contributed by atoms with van der Waals surface area (Å²) in [5.74, 6) is 0.631. The maximum absolute atomic E-state index is 12.0. The Kier molecular flexibility index (Phi) is 8.25. The van der Waals surface area contributed by atoms with Gasteiger partial charge in [0.15, 0.2) is 0 Å². The maximum Gasteiger partial charge on any atom is 0.238 e. The van der Waals surface area contributed by atoms with E-state index < -0.39 is 0 Å². The van der Waals surface area contributed by atoms with Crippen molar-refractivity contribution in [3.8, 4) is 5.75 Å². The standard InChI is InChI=1S/C19H23ClN2O3/c1-2-24-11-12-25-17-9-7-16(8-10-17)22-19(23)14-21-13-15-5-3-4-6-18(15)20/h3-10,21H,2,11-14H2,1H3,(H,22,23). The second-order valence-corrected chi connectivity index (χ2v) is 5.72. The van der Waals surface area contributed by atoms with Gasteiger partial charge in [-0.15, -0.1) is 0 Å². The molecule has 25 heavy (non-hydrogen) atoms. The van der Waals surface area contributed by atoms with Gasteiger partial charge in [-0.2, -0.15) is 0 Å². The van der Waals surface area contributed by atoms with E-state index in [1.165, 1.54) is 0 Å². The number of carbonyl (C=O) groups excluding carboxylic acids is 1. The fourth-order valence-corrected chi connectivity index (χ4v) is 2.36. The Morgan fingerprint density at radius 3 is 2.56 bits per heavy atom. The molecule has 2 rings (SSSR count). The molecular weight excluding hydrogens is 340 g/mol. The zero-order valence-corrected chi connectivity index (χ0v) is 15.0. The Balaban J connectivity index is 1.70. The van der Waals surface area contributed by atoms with Gasteiger partial charge in [-0.25, -0.2) is 0 Å². The van der Waals surface area contributed by atoms with Crippen molar-refractivity contribution in [3.63, 3.8) is 0 Å². The largest absolute Gasteiger partial charge is 0.491 e. The van der Waals surface area contributed by atoms with E-state index in [2.05, 4.69) is 10.6 Å². The number of amides is 1. The van der Waals surface area contributed by atoms with E-state index in [0.717, 1.165) is 17.0 Å². The lowest BCUT2D eigenvalue weighted by molar-refractivity contribution is -0.115. The van der Waals surface area contributed by atoms with Crippen LogP contribution in [0.1, 0.15) is 12.5 Å². The fourth-order valence-electron chi connectivity index (χ4n) is 2.15. The molecule has 1 amide bonds. The van der Waals surface area contributed by atoms with Gasteiger partial charge in [-0.1, -0.05) is 29.8 Å². The minimum atomic E-state index is -0.114. The highest BCUT2D eigenvalue weighted by Crippen LogP contribution is 2.16. The molecule has 5 nitrogen and oxygen atoms in total. The van der Waals surface area contributed by atoms with Crippen LogP contribution in [0.25, 0.3) is 0 Å². The van der Waals surface area contributed by atoms with Gasteiger partial charge < -0.3 is 20.1 Å². The van der Waals surface area contributed by atoms with E-state index in [4.69, 9.17) is 21.1 Å². The molecule has 0 aliphatic carbocycles. The number of ether oxygens (including phenoxy) is 2. The van der Waals surface area contributed by atoms with Crippen LogP contribution in [0.4, 0.5) is 5.69 Å². The summed E-state index contributed by atoms with van der Waals surface area (Å²) in [5, 5.41) is 6.60. The Hall–Kier alpha value is -2.08. The van der Waals surface area contributed by atoms with E-state index in [1.54, 1.807) is 0 Å². The summed E-state index contributed by atoms with van der Waals surface area (Å²) in [7, 11) is 0. The predicted molar refractivity (Wildman–Crippen MR) is 100 cm³/mol. The first-order valence-electron chi connectivity index (χ1n) is 8.23. The minimum Gasteiger partial charge on any atom is -0.491 e. The topological polar surface area (TPSA) is 59.6 Å². The molecule has 2 aromatic carbocycles. The summed E-state index contributed by atoms with van der Waals surface area (Å²) in [6.07, 6.45) is 0. The summed E-state index contributed by atoms with van der Waals surface area (Å²) in [4.78, 5) is 12.0. The normalized spacial score (nSPS) is 10.5. The number of hydrogen-bond acceptors (Lipinski definition) is 4. The molecule has 0 radical (unpaired) electrons. The van der Waals surface area contributed by atoms with Gasteiger partial charge in [0.2, 0.25) is 5.91 Å². The summed E-state index contributed by atoms with van der Waals surface area (Å²) in [6, 6.07) is 14.8. The molecule has 0 aliphatic rings. The van der Waals surface area contributed by atoms with E-state index in [-0.39, 0.29) is 12.5 Å². The summed E-state index contributed by atoms with van der Waals surface area (Å²) >= 11 is 6.08. The smallest absolute Gasteiger partial charge is 0.238 e. The molecule has 0 heterocycles. The molecule has 0 atom stereocenters. The second kappa shape index (κ2) is 10.7. The first-order valence-corrected chi connectivity index (χ1v) is 8.61. The van der Waals surface area contributed by atoms with Crippen LogP contribution in [0, 0.1) is 0 Å². The molecule has 0 spiro atoms. The molecule has 0 aromatic heterocycles. The third kappa shape index (κ3) is 7.13. The van der Waals surface area contributed by atoms with Crippen LogP contribution in [0.5, 0.6) is 5.75 Å². The van der Waals surface area contributed by atoms with Crippen LogP contribution < -0.4 is 15.4 Å². The number of benzene rings is 2. The summed E-state index contributed by atoms with van der Waals surface area (Å²) < 4.78 is 10.7. The van der Waals surface area contributed by atoms with Crippen molar-refractivity contribution < 1.29 is 14.3 Å². The average Bonchev–Trinajstić information content (AvgIpc) is 2.62. The lowest BCUT2D eigenvalue weighted by Crippen LogP contribution is -2.27. The SMILES string of the molecule is CCOCCOc1ccc(NC(=O)CNCc2ccccc2Cl)cc1. The highest BCUT2D eigenvalue weighted by atomic mass is 35.5. The molecule has 6 heteroatoms. The first kappa shape index (κ1) is 19.2. The van der Waals surface area contributed by atoms with Gasteiger partial charge in [0.1, 0.15) is 12.4 Å². The van der Waals surface area contributed by atoms with Gasteiger partial charge >= 0.3 is 0 Å². The Bertz CT molecular complexity index is 662. The average molecular weight is 363 g/mol. The van der Waals surface area contributed by atoms with Crippen molar-refractivity contribution in [2.45, 2.75) is 13.5 Å². The summed E-state index contributed by atoms with van der Waals surface area (Å²) in [5.41, 5.74) is 1.69. The number of anilines is 1. The fraction of sp³-hybridized carbons (Fsp3) is 0.316. The minimum absolute atomic E-state index is 0.114. The molecule has 2 aromatic rings. The van der Waals surface area contributed by atoms with Gasteiger partial charge in [0, 0.05) is 23.9 Å². The maximum atomic E-state index is 12.0. The Morgan fingerprint density at radius 1 is 1.08 bits per heavy atom. The Labute approximate surface area is 153 Å². The van der Waals surface area contributed by atoms with Crippen LogP contribution in [-0.4, -0.2) is 32.3 Å². The molecule has 0 bridgehead atoms. The van der Waals surface area contributed by atoms with Crippen LogP contribution >= 0.6 is 11.6 Å². The van der Waals surface area contributed by atoms with E-state index in [1.807, 2.05) is 55.5 Å². The van der Waals surface area contributed by atoms with Crippen molar-refractivity contribution in [2.24, 2.45) is 0 Å². The van der Waals surface area contributed by atoms with Gasteiger partial charge in [-0.3, -0.25) is 4.79 Å². The molecule has 0 fully saturated rings. The molecule has 2 N–H and O–H groups in total. The van der Waals surface area contributed by atoms with Crippen LogP contribution in [0.3, 0.4) is 0 Å². The first-order chi connectivity index (χ1) is 12.2. The molecule has 0 saturated carbocycles. The van der Waals surface area contributed by atoms with Gasteiger partial charge in [-0.05, 0) is 42.8 Å². The van der Waals surface area contributed by atoms with Gasteiger partial charge in [0.05, 0.1) is 13.2 Å².